The van der Waals surface area contributed by atoms with Gasteiger partial charge in [-0.05, 0) is 57.2 Å². The maximum absolute atomic E-state index is 12.6. The molecule has 0 unspecified atom stereocenters. The van der Waals surface area contributed by atoms with Crippen LogP contribution in [-0.4, -0.2) is 38.7 Å². The van der Waals surface area contributed by atoms with Crippen LogP contribution in [0.3, 0.4) is 0 Å². The number of rotatable bonds is 3. The Morgan fingerprint density at radius 2 is 2.18 bits per heavy atom. The Bertz CT molecular complexity index is 670. The van der Waals surface area contributed by atoms with Crippen molar-refractivity contribution in [3.63, 3.8) is 0 Å². The summed E-state index contributed by atoms with van der Waals surface area (Å²) < 4.78 is 2.93. The first-order valence-electron chi connectivity index (χ1n) is 8.39. The highest BCUT2D eigenvalue weighted by Gasteiger charge is 2.33. The van der Waals surface area contributed by atoms with E-state index in [-0.39, 0.29) is 5.91 Å². The molecule has 1 atom stereocenters. The number of nitrogens with zero attached hydrogens (tertiary/aromatic N) is 3. The molecule has 2 aliphatic carbocycles. The maximum Gasteiger partial charge on any atom is 0.249 e. The minimum absolute atomic E-state index is 0.245. The summed E-state index contributed by atoms with van der Waals surface area (Å²) in [6.45, 7) is 1.66. The highest BCUT2D eigenvalue weighted by atomic mass is 32.1. The molecule has 2 heterocycles. The van der Waals surface area contributed by atoms with Crippen LogP contribution in [0.2, 0.25) is 0 Å². The van der Waals surface area contributed by atoms with Gasteiger partial charge in [0.1, 0.15) is 5.82 Å². The smallest absolute Gasteiger partial charge is 0.249 e. The number of aromatic amines is 1. The number of hydrogen-bond acceptors (Lipinski definition) is 3. The normalized spacial score (nSPS) is 25.4. The first kappa shape index (κ1) is 14.2. The van der Waals surface area contributed by atoms with Crippen molar-refractivity contribution in [1.29, 1.82) is 0 Å². The molecule has 1 aromatic rings. The van der Waals surface area contributed by atoms with Crippen molar-refractivity contribution in [1.82, 2.24) is 19.7 Å². The Morgan fingerprint density at radius 3 is 2.91 bits per heavy atom. The Labute approximate surface area is 135 Å². The van der Waals surface area contributed by atoms with Crippen molar-refractivity contribution < 1.29 is 4.79 Å². The number of hydrogen-bond donors (Lipinski definition) is 1. The van der Waals surface area contributed by atoms with E-state index in [9.17, 15) is 4.79 Å². The van der Waals surface area contributed by atoms with E-state index in [0.29, 0.717) is 12.0 Å². The lowest BCUT2D eigenvalue weighted by Gasteiger charge is -2.32. The van der Waals surface area contributed by atoms with Crippen LogP contribution in [0.1, 0.15) is 62.7 Å². The molecule has 1 saturated heterocycles. The fourth-order valence-electron chi connectivity index (χ4n) is 3.73. The predicted molar refractivity (Wildman–Crippen MR) is 86.2 cm³/mol. The third-order valence-corrected chi connectivity index (χ3v) is 5.32. The van der Waals surface area contributed by atoms with Crippen molar-refractivity contribution in [2.75, 3.05) is 13.1 Å². The van der Waals surface area contributed by atoms with Crippen LogP contribution in [0.15, 0.2) is 11.6 Å². The van der Waals surface area contributed by atoms with Gasteiger partial charge in [-0.3, -0.25) is 9.89 Å². The molecule has 0 bridgehead atoms. The van der Waals surface area contributed by atoms with Crippen molar-refractivity contribution >= 4 is 18.1 Å². The van der Waals surface area contributed by atoms with Gasteiger partial charge in [0.2, 0.25) is 5.91 Å². The zero-order valence-electron chi connectivity index (χ0n) is 12.8. The molecule has 2 fully saturated rings. The van der Waals surface area contributed by atoms with Crippen molar-refractivity contribution in [2.45, 2.75) is 56.9 Å². The Balaban J connectivity index is 1.54. The average molecular weight is 318 g/mol. The highest BCUT2D eigenvalue weighted by Crippen LogP contribution is 2.38. The minimum atomic E-state index is 0.245. The van der Waals surface area contributed by atoms with Crippen molar-refractivity contribution in [3.05, 3.63) is 22.2 Å². The monoisotopic (exact) mass is 318 g/mol. The van der Waals surface area contributed by atoms with Gasteiger partial charge in [0.05, 0.1) is 0 Å². The number of carbonyl (C=O) groups is 1. The van der Waals surface area contributed by atoms with Gasteiger partial charge in [-0.15, -0.1) is 0 Å². The summed E-state index contributed by atoms with van der Waals surface area (Å²) in [5.74, 6) is 1.62. The molecule has 1 aromatic heterocycles. The molecule has 6 heteroatoms. The molecule has 0 radical (unpaired) electrons. The lowest BCUT2D eigenvalue weighted by molar-refractivity contribution is -0.128. The molecule has 1 saturated carbocycles. The molecule has 5 nitrogen and oxygen atoms in total. The fraction of sp³-hybridized carbons (Fsp3) is 0.688. The summed E-state index contributed by atoms with van der Waals surface area (Å²) in [5, 5.41) is 7.44. The third-order valence-electron chi connectivity index (χ3n) is 5.03. The number of allylic oxidation sites excluding steroid dienone is 1. The number of aromatic nitrogens is 3. The van der Waals surface area contributed by atoms with Crippen molar-refractivity contribution in [3.8, 4) is 0 Å². The van der Waals surface area contributed by atoms with Crippen LogP contribution < -0.4 is 0 Å². The van der Waals surface area contributed by atoms with Crippen LogP contribution in [0.5, 0.6) is 0 Å². The summed E-state index contributed by atoms with van der Waals surface area (Å²) in [5.41, 5.74) is 1.02. The van der Waals surface area contributed by atoms with E-state index < -0.39 is 0 Å². The van der Waals surface area contributed by atoms with Crippen LogP contribution in [0, 0.1) is 4.77 Å². The van der Waals surface area contributed by atoms with E-state index in [1.54, 1.807) is 0 Å². The molecule has 118 valence electrons. The average Bonchev–Trinajstić information content (AvgIpc) is 3.08. The molecule has 22 heavy (non-hydrogen) atoms. The summed E-state index contributed by atoms with van der Waals surface area (Å²) in [7, 11) is 0. The molecule has 1 N–H and O–H groups in total. The SMILES string of the molecule is O=C(C1=CCCC1)N1CCC[C@@H](c2n[nH]c(=S)n2C2CC2)C1. The second-order valence-corrected chi connectivity index (χ2v) is 7.09. The summed E-state index contributed by atoms with van der Waals surface area (Å²) in [4.78, 5) is 14.6. The number of piperidine rings is 1. The van der Waals surface area contributed by atoms with E-state index in [1.165, 1.54) is 12.8 Å². The number of amides is 1. The molecule has 1 aliphatic heterocycles. The molecule has 0 aromatic carbocycles. The zero-order valence-corrected chi connectivity index (χ0v) is 13.6. The summed E-state index contributed by atoms with van der Waals surface area (Å²) in [6.07, 6.45) is 9.78. The van der Waals surface area contributed by atoms with Crippen LogP contribution in [0.25, 0.3) is 0 Å². The number of likely N-dealkylation sites (tertiary alicyclic amines) is 1. The summed E-state index contributed by atoms with van der Waals surface area (Å²) >= 11 is 5.38. The molecular formula is C16H22N4OS. The summed E-state index contributed by atoms with van der Waals surface area (Å²) in [6, 6.07) is 0.532. The molecule has 0 spiro atoms. The van der Waals surface area contributed by atoms with Gasteiger partial charge in [0.25, 0.3) is 0 Å². The second kappa shape index (κ2) is 5.65. The number of H-pyrrole nitrogens is 1. The van der Waals surface area contributed by atoms with Gasteiger partial charge in [0.15, 0.2) is 4.77 Å². The van der Waals surface area contributed by atoms with Crippen LogP contribution in [0.4, 0.5) is 0 Å². The van der Waals surface area contributed by atoms with Gasteiger partial charge in [-0.25, -0.2) is 0 Å². The van der Waals surface area contributed by atoms with E-state index in [0.717, 1.165) is 61.4 Å². The Hall–Kier alpha value is -1.43. The number of carbonyl (C=O) groups excluding carboxylic acids is 1. The van der Waals surface area contributed by atoms with Gasteiger partial charge in [-0.1, -0.05) is 6.08 Å². The maximum atomic E-state index is 12.6. The zero-order chi connectivity index (χ0) is 15.1. The first-order chi connectivity index (χ1) is 10.7. The highest BCUT2D eigenvalue weighted by molar-refractivity contribution is 7.71. The van der Waals surface area contributed by atoms with Crippen LogP contribution >= 0.6 is 12.2 Å². The third kappa shape index (κ3) is 2.53. The molecular weight excluding hydrogens is 296 g/mol. The second-order valence-electron chi connectivity index (χ2n) is 6.70. The lowest BCUT2D eigenvalue weighted by atomic mass is 9.96. The fourth-order valence-corrected chi connectivity index (χ4v) is 4.02. The molecule has 3 aliphatic rings. The van der Waals surface area contributed by atoms with Gasteiger partial charge in [0, 0.05) is 30.6 Å². The first-order valence-corrected chi connectivity index (χ1v) is 8.80. The topological polar surface area (TPSA) is 53.9 Å². The number of nitrogens with one attached hydrogen (secondary N) is 1. The predicted octanol–water partition coefficient (Wildman–Crippen LogP) is 3.09. The largest absolute Gasteiger partial charge is 0.338 e. The van der Waals surface area contributed by atoms with Gasteiger partial charge >= 0.3 is 0 Å². The minimum Gasteiger partial charge on any atom is -0.338 e. The van der Waals surface area contributed by atoms with E-state index in [4.69, 9.17) is 12.2 Å². The van der Waals surface area contributed by atoms with E-state index in [1.807, 2.05) is 4.90 Å². The van der Waals surface area contributed by atoms with Gasteiger partial charge < -0.3 is 9.47 Å². The van der Waals surface area contributed by atoms with Gasteiger partial charge in [-0.2, -0.15) is 5.10 Å². The van der Waals surface area contributed by atoms with E-state index >= 15 is 0 Å². The molecule has 4 rings (SSSR count). The quantitative estimate of drug-likeness (QED) is 0.871. The van der Waals surface area contributed by atoms with Crippen molar-refractivity contribution in [2.24, 2.45) is 0 Å². The van der Waals surface area contributed by atoms with E-state index in [2.05, 4.69) is 20.8 Å². The Morgan fingerprint density at radius 1 is 1.32 bits per heavy atom. The molecule has 1 amide bonds. The van der Waals surface area contributed by atoms with Crippen LogP contribution in [-0.2, 0) is 4.79 Å². The Kier molecular flexibility index (Phi) is 3.64. The lowest BCUT2D eigenvalue weighted by Crippen LogP contribution is -2.40. The standard InChI is InChI=1S/C16H22N4OS/c21-15(11-4-1-2-5-11)19-9-3-6-12(10-19)14-17-18-16(22)20(14)13-7-8-13/h4,12-13H,1-3,5-10H2,(H,18,22)/t12-/m1/s1.